The van der Waals surface area contributed by atoms with Crippen LogP contribution >= 0.6 is 0 Å². The minimum Gasteiger partial charge on any atom is -0.493 e. The summed E-state index contributed by atoms with van der Waals surface area (Å²) in [5, 5.41) is 9.72. The summed E-state index contributed by atoms with van der Waals surface area (Å²) in [5.74, 6) is 0.768. The van der Waals surface area contributed by atoms with Crippen LogP contribution < -0.4 is 4.74 Å². The Hall–Kier alpha value is -1.87. The zero-order chi connectivity index (χ0) is 13.7. The van der Waals surface area contributed by atoms with Crippen LogP contribution in [0.5, 0.6) is 5.75 Å². The predicted molar refractivity (Wildman–Crippen MR) is 75.2 cm³/mol. The molecule has 1 aromatic carbocycles. The van der Waals surface area contributed by atoms with Crippen LogP contribution in [0.1, 0.15) is 29.7 Å². The van der Waals surface area contributed by atoms with Crippen molar-refractivity contribution in [2.45, 2.75) is 26.4 Å². The van der Waals surface area contributed by atoms with E-state index in [0.717, 1.165) is 23.3 Å². The maximum atomic E-state index is 9.72. The molecule has 1 atom stereocenters. The summed E-state index contributed by atoms with van der Waals surface area (Å²) in [6, 6.07) is 9.83. The van der Waals surface area contributed by atoms with Gasteiger partial charge in [-0.3, -0.25) is 4.98 Å². The molecule has 0 amide bonds. The Bertz CT molecular complexity index is 524. The zero-order valence-corrected chi connectivity index (χ0v) is 11.3. The quantitative estimate of drug-likeness (QED) is 0.895. The second-order valence-corrected chi connectivity index (χ2v) is 4.67. The van der Waals surface area contributed by atoms with Gasteiger partial charge in [-0.2, -0.15) is 0 Å². The molecule has 0 unspecified atom stereocenters. The molecule has 100 valence electrons. The number of pyridine rings is 1. The summed E-state index contributed by atoms with van der Waals surface area (Å²) in [5.41, 5.74) is 3.16. The van der Waals surface area contributed by atoms with Crippen molar-refractivity contribution in [1.29, 1.82) is 0 Å². The standard InChI is InChI=1S/C16H19NO2/c1-12-3-4-15(13(2)18)16(11-12)19-10-7-14-5-8-17-9-6-14/h3-6,8-9,11,13,18H,7,10H2,1-2H3/t13-/m0/s1. The van der Waals surface area contributed by atoms with Crippen molar-refractivity contribution in [2.75, 3.05) is 6.61 Å². The molecule has 0 fully saturated rings. The number of hydrogen-bond donors (Lipinski definition) is 1. The Kier molecular flexibility index (Phi) is 4.53. The van der Waals surface area contributed by atoms with E-state index in [-0.39, 0.29) is 0 Å². The van der Waals surface area contributed by atoms with Crippen molar-refractivity contribution >= 4 is 0 Å². The first-order valence-corrected chi connectivity index (χ1v) is 6.47. The van der Waals surface area contributed by atoms with Crippen LogP contribution in [0.2, 0.25) is 0 Å². The first-order valence-electron chi connectivity index (χ1n) is 6.47. The number of aliphatic hydroxyl groups is 1. The highest BCUT2D eigenvalue weighted by atomic mass is 16.5. The number of ether oxygens (including phenoxy) is 1. The maximum absolute atomic E-state index is 9.72. The highest BCUT2D eigenvalue weighted by Gasteiger charge is 2.09. The van der Waals surface area contributed by atoms with Gasteiger partial charge in [0.1, 0.15) is 5.75 Å². The summed E-state index contributed by atoms with van der Waals surface area (Å²) in [7, 11) is 0. The van der Waals surface area contributed by atoms with Crippen LogP contribution in [0.3, 0.4) is 0 Å². The summed E-state index contributed by atoms with van der Waals surface area (Å²) in [4.78, 5) is 3.99. The van der Waals surface area contributed by atoms with Crippen molar-refractivity contribution in [3.63, 3.8) is 0 Å². The molecular weight excluding hydrogens is 238 g/mol. The van der Waals surface area contributed by atoms with E-state index in [4.69, 9.17) is 4.74 Å². The van der Waals surface area contributed by atoms with Crippen molar-refractivity contribution in [3.8, 4) is 5.75 Å². The van der Waals surface area contributed by atoms with Gasteiger partial charge in [-0.1, -0.05) is 12.1 Å². The molecular formula is C16H19NO2. The molecule has 1 heterocycles. The average molecular weight is 257 g/mol. The smallest absolute Gasteiger partial charge is 0.125 e. The Morgan fingerprint density at radius 2 is 1.95 bits per heavy atom. The van der Waals surface area contributed by atoms with Gasteiger partial charge in [0, 0.05) is 24.4 Å². The third-order valence-corrected chi connectivity index (χ3v) is 3.02. The summed E-state index contributed by atoms with van der Waals surface area (Å²) >= 11 is 0. The molecule has 3 nitrogen and oxygen atoms in total. The fourth-order valence-corrected chi connectivity index (χ4v) is 1.94. The number of aromatic nitrogens is 1. The maximum Gasteiger partial charge on any atom is 0.125 e. The lowest BCUT2D eigenvalue weighted by molar-refractivity contribution is 0.191. The second kappa shape index (κ2) is 6.34. The van der Waals surface area contributed by atoms with Crippen molar-refractivity contribution < 1.29 is 9.84 Å². The molecule has 0 saturated heterocycles. The lowest BCUT2D eigenvalue weighted by Gasteiger charge is -2.14. The third-order valence-electron chi connectivity index (χ3n) is 3.02. The van der Waals surface area contributed by atoms with Gasteiger partial charge in [0.05, 0.1) is 12.7 Å². The molecule has 0 aliphatic heterocycles. The SMILES string of the molecule is Cc1ccc([C@H](C)O)c(OCCc2ccncc2)c1. The zero-order valence-electron chi connectivity index (χ0n) is 11.3. The highest BCUT2D eigenvalue weighted by Crippen LogP contribution is 2.26. The van der Waals surface area contributed by atoms with E-state index >= 15 is 0 Å². The van der Waals surface area contributed by atoms with Gasteiger partial charge in [-0.05, 0) is 43.2 Å². The number of aliphatic hydroxyl groups excluding tert-OH is 1. The summed E-state index contributed by atoms with van der Waals surface area (Å²) in [6.45, 7) is 4.36. The van der Waals surface area contributed by atoms with Gasteiger partial charge in [0.25, 0.3) is 0 Å². The number of nitrogens with zero attached hydrogens (tertiary/aromatic N) is 1. The molecule has 1 aromatic heterocycles. The second-order valence-electron chi connectivity index (χ2n) is 4.67. The summed E-state index contributed by atoms with van der Waals surface area (Å²) in [6.07, 6.45) is 3.87. The van der Waals surface area contributed by atoms with E-state index < -0.39 is 6.10 Å². The highest BCUT2D eigenvalue weighted by molar-refractivity contribution is 5.38. The van der Waals surface area contributed by atoms with Crippen LogP contribution in [-0.2, 0) is 6.42 Å². The Morgan fingerprint density at radius 3 is 2.63 bits per heavy atom. The summed E-state index contributed by atoms with van der Waals surface area (Å²) < 4.78 is 5.80. The molecule has 1 N–H and O–H groups in total. The lowest BCUT2D eigenvalue weighted by Crippen LogP contribution is -2.05. The van der Waals surface area contributed by atoms with Crippen molar-refractivity contribution in [3.05, 3.63) is 59.4 Å². The van der Waals surface area contributed by atoms with Crippen LogP contribution in [0.4, 0.5) is 0 Å². The van der Waals surface area contributed by atoms with Crippen molar-refractivity contribution in [2.24, 2.45) is 0 Å². The van der Waals surface area contributed by atoms with Crippen LogP contribution in [-0.4, -0.2) is 16.7 Å². The van der Waals surface area contributed by atoms with Gasteiger partial charge in [-0.25, -0.2) is 0 Å². The molecule has 0 aliphatic carbocycles. The fourth-order valence-electron chi connectivity index (χ4n) is 1.94. The fraction of sp³-hybridized carbons (Fsp3) is 0.312. The first-order chi connectivity index (χ1) is 9.16. The van der Waals surface area contributed by atoms with Gasteiger partial charge in [0.15, 0.2) is 0 Å². The van der Waals surface area contributed by atoms with E-state index in [1.807, 2.05) is 37.3 Å². The van der Waals surface area contributed by atoms with E-state index in [1.165, 1.54) is 5.56 Å². The van der Waals surface area contributed by atoms with E-state index in [9.17, 15) is 5.11 Å². The number of aryl methyl sites for hydroxylation is 1. The number of benzene rings is 1. The van der Waals surface area contributed by atoms with Gasteiger partial charge < -0.3 is 9.84 Å². The molecule has 3 heteroatoms. The van der Waals surface area contributed by atoms with Gasteiger partial charge >= 0.3 is 0 Å². The molecule has 2 aromatic rings. The molecule has 0 saturated carbocycles. The van der Waals surface area contributed by atoms with E-state index in [2.05, 4.69) is 4.98 Å². The van der Waals surface area contributed by atoms with Crippen molar-refractivity contribution in [1.82, 2.24) is 4.98 Å². The normalized spacial score (nSPS) is 12.2. The molecule has 0 bridgehead atoms. The topological polar surface area (TPSA) is 42.4 Å². The minimum absolute atomic E-state index is 0.517. The van der Waals surface area contributed by atoms with Crippen LogP contribution in [0.15, 0.2) is 42.7 Å². The largest absolute Gasteiger partial charge is 0.493 e. The van der Waals surface area contributed by atoms with Crippen LogP contribution in [0.25, 0.3) is 0 Å². The average Bonchev–Trinajstić information content (AvgIpc) is 2.39. The van der Waals surface area contributed by atoms with E-state index in [0.29, 0.717) is 6.61 Å². The first kappa shape index (κ1) is 13.6. The van der Waals surface area contributed by atoms with Crippen LogP contribution in [0, 0.1) is 6.92 Å². The number of rotatable bonds is 5. The monoisotopic (exact) mass is 257 g/mol. The Balaban J connectivity index is 2.01. The molecule has 19 heavy (non-hydrogen) atoms. The van der Waals surface area contributed by atoms with Gasteiger partial charge in [-0.15, -0.1) is 0 Å². The predicted octanol–water partition coefficient (Wildman–Crippen LogP) is 3.06. The lowest BCUT2D eigenvalue weighted by atomic mass is 10.1. The van der Waals surface area contributed by atoms with E-state index in [1.54, 1.807) is 19.3 Å². The van der Waals surface area contributed by atoms with Gasteiger partial charge in [0.2, 0.25) is 0 Å². The Morgan fingerprint density at radius 1 is 1.21 bits per heavy atom. The Labute approximate surface area is 113 Å². The molecule has 0 aliphatic rings. The third kappa shape index (κ3) is 3.80. The molecule has 0 radical (unpaired) electrons. The number of hydrogen-bond acceptors (Lipinski definition) is 3. The minimum atomic E-state index is -0.517. The molecule has 2 rings (SSSR count). The molecule has 0 spiro atoms.